The lowest BCUT2D eigenvalue weighted by atomic mass is 9.95. The van der Waals surface area contributed by atoms with Gasteiger partial charge in [-0.15, -0.1) is 0 Å². The summed E-state index contributed by atoms with van der Waals surface area (Å²) < 4.78 is 1.04. The second-order valence-corrected chi connectivity index (χ2v) is 7.43. The maximum atomic E-state index is 5.82. The first kappa shape index (κ1) is 12.3. The molecule has 3 aliphatic carbocycles. The van der Waals surface area contributed by atoms with Crippen LogP contribution in [-0.4, -0.2) is 11.0 Å². The van der Waals surface area contributed by atoms with E-state index in [9.17, 15) is 0 Å². The van der Waals surface area contributed by atoms with E-state index >= 15 is 0 Å². The zero-order chi connectivity index (χ0) is 13.0. The van der Waals surface area contributed by atoms with E-state index < -0.39 is 0 Å². The Morgan fingerprint density at radius 3 is 2.63 bits per heavy atom. The fraction of sp³-hybridized carbons (Fsp3) is 0.667. The Labute approximate surface area is 122 Å². The zero-order valence-electron chi connectivity index (χ0n) is 10.9. The molecular formula is C15H20BrN3. The number of hydrazine groups is 1. The number of nitrogens with two attached hydrogens (primary N) is 1. The number of hydrogen-bond acceptors (Lipinski definition) is 3. The maximum absolute atomic E-state index is 5.82. The van der Waals surface area contributed by atoms with Crippen LogP contribution < -0.4 is 11.3 Å². The highest BCUT2D eigenvalue weighted by atomic mass is 79.9. The van der Waals surface area contributed by atoms with Gasteiger partial charge in [0.15, 0.2) is 0 Å². The highest BCUT2D eigenvalue weighted by molar-refractivity contribution is 9.10. The maximum Gasteiger partial charge on any atom is 0.0420 e. The Balaban J connectivity index is 1.46. The fourth-order valence-electron chi connectivity index (χ4n) is 4.99. The molecule has 5 atom stereocenters. The number of aromatic nitrogens is 1. The normalized spacial score (nSPS) is 40.2. The molecule has 5 unspecified atom stereocenters. The van der Waals surface area contributed by atoms with Gasteiger partial charge in [0.2, 0.25) is 0 Å². The quantitative estimate of drug-likeness (QED) is 0.661. The fourth-order valence-corrected chi connectivity index (χ4v) is 5.22. The summed E-state index contributed by atoms with van der Waals surface area (Å²) in [5.74, 6) is 10.6. The molecule has 0 aliphatic heterocycles. The average molecular weight is 322 g/mol. The SMILES string of the molecule is NNC(Cc1ccc(Br)cn1)C1C2C3CCC(C3)C21. The van der Waals surface area contributed by atoms with E-state index in [0.717, 1.165) is 46.2 Å². The van der Waals surface area contributed by atoms with Gasteiger partial charge in [-0.3, -0.25) is 16.3 Å². The predicted octanol–water partition coefficient (Wildman–Crippen LogP) is 2.51. The van der Waals surface area contributed by atoms with Gasteiger partial charge < -0.3 is 0 Å². The standard InChI is InChI=1S/C15H20BrN3/c16-10-3-4-11(18-7-10)6-12(19-17)15-13-8-1-2-9(5-8)14(13)15/h3-4,7-9,12-15,19H,1-2,5-6,17H2. The van der Waals surface area contributed by atoms with Crippen LogP contribution in [0.2, 0.25) is 0 Å². The van der Waals surface area contributed by atoms with Gasteiger partial charge in [-0.2, -0.15) is 0 Å². The molecule has 0 aromatic carbocycles. The van der Waals surface area contributed by atoms with Crippen LogP contribution in [0.25, 0.3) is 0 Å². The monoisotopic (exact) mass is 321 g/mol. The molecule has 3 fully saturated rings. The summed E-state index contributed by atoms with van der Waals surface area (Å²) in [6.45, 7) is 0. The minimum atomic E-state index is 0.409. The van der Waals surface area contributed by atoms with Crippen molar-refractivity contribution >= 4 is 15.9 Å². The molecule has 4 rings (SSSR count). The van der Waals surface area contributed by atoms with Crippen molar-refractivity contribution in [2.45, 2.75) is 31.7 Å². The topological polar surface area (TPSA) is 50.9 Å². The summed E-state index contributed by atoms with van der Waals surface area (Å²) in [5.41, 5.74) is 4.21. The molecular weight excluding hydrogens is 302 g/mol. The van der Waals surface area contributed by atoms with Crippen molar-refractivity contribution in [3.8, 4) is 0 Å². The third kappa shape index (κ3) is 1.96. The van der Waals surface area contributed by atoms with Gasteiger partial charge in [-0.1, -0.05) is 0 Å². The van der Waals surface area contributed by atoms with Crippen LogP contribution in [0.4, 0.5) is 0 Å². The van der Waals surface area contributed by atoms with Gasteiger partial charge in [-0.05, 0) is 76.9 Å². The number of fused-ring (bicyclic) bond motifs is 5. The van der Waals surface area contributed by atoms with Crippen molar-refractivity contribution in [1.29, 1.82) is 0 Å². The van der Waals surface area contributed by atoms with E-state index in [1.807, 2.05) is 6.20 Å². The van der Waals surface area contributed by atoms with Crippen LogP contribution in [-0.2, 0) is 6.42 Å². The highest BCUT2D eigenvalue weighted by Crippen LogP contribution is 2.70. The lowest BCUT2D eigenvalue weighted by Crippen LogP contribution is -2.40. The molecule has 1 aromatic rings. The molecule has 3 N–H and O–H groups in total. The van der Waals surface area contributed by atoms with Crippen molar-refractivity contribution in [1.82, 2.24) is 10.4 Å². The summed E-state index contributed by atoms with van der Waals surface area (Å²) in [6, 6.07) is 4.57. The summed E-state index contributed by atoms with van der Waals surface area (Å²) in [4.78, 5) is 4.48. The number of nitrogens with one attached hydrogen (secondary N) is 1. The molecule has 1 aromatic heterocycles. The van der Waals surface area contributed by atoms with E-state index in [1.54, 1.807) is 0 Å². The smallest absolute Gasteiger partial charge is 0.0420 e. The molecule has 102 valence electrons. The summed E-state index contributed by atoms with van der Waals surface area (Å²) in [7, 11) is 0. The van der Waals surface area contributed by atoms with Crippen LogP contribution in [0.15, 0.2) is 22.8 Å². The lowest BCUT2D eigenvalue weighted by molar-refractivity contribution is 0.363. The van der Waals surface area contributed by atoms with Gasteiger partial charge in [0.25, 0.3) is 0 Å². The van der Waals surface area contributed by atoms with Crippen molar-refractivity contribution < 1.29 is 0 Å². The Hall–Kier alpha value is -0.450. The molecule has 0 spiro atoms. The molecule has 0 saturated heterocycles. The molecule has 3 aliphatic rings. The Morgan fingerprint density at radius 2 is 2.05 bits per heavy atom. The van der Waals surface area contributed by atoms with E-state index in [1.165, 1.54) is 19.3 Å². The number of hydrogen-bond donors (Lipinski definition) is 2. The van der Waals surface area contributed by atoms with Gasteiger partial charge in [0.05, 0.1) is 0 Å². The van der Waals surface area contributed by atoms with E-state index in [-0.39, 0.29) is 0 Å². The Kier molecular flexibility index (Phi) is 2.94. The molecule has 0 radical (unpaired) electrons. The van der Waals surface area contributed by atoms with Crippen LogP contribution >= 0.6 is 15.9 Å². The Morgan fingerprint density at radius 1 is 1.32 bits per heavy atom. The first-order valence-corrected chi connectivity index (χ1v) is 8.14. The van der Waals surface area contributed by atoms with Gasteiger partial charge >= 0.3 is 0 Å². The third-order valence-corrected chi connectivity index (χ3v) is 6.16. The second kappa shape index (κ2) is 4.54. The predicted molar refractivity (Wildman–Crippen MR) is 78.1 cm³/mol. The summed E-state index contributed by atoms with van der Waals surface area (Å²) in [5, 5.41) is 0. The molecule has 19 heavy (non-hydrogen) atoms. The van der Waals surface area contributed by atoms with Crippen LogP contribution in [0, 0.1) is 29.6 Å². The molecule has 0 amide bonds. The molecule has 1 heterocycles. The first-order chi connectivity index (χ1) is 9.28. The zero-order valence-corrected chi connectivity index (χ0v) is 12.5. The minimum absolute atomic E-state index is 0.409. The summed E-state index contributed by atoms with van der Waals surface area (Å²) in [6.07, 6.45) is 7.27. The van der Waals surface area contributed by atoms with Crippen LogP contribution in [0.5, 0.6) is 0 Å². The number of rotatable bonds is 4. The molecule has 3 nitrogen and oxygen atoms in total. The molecule has 2 bridgehead atoms. The van der Waals surface area contributed by atoms with Crippen molar-refractivity contribution in [3.63, 3.8) is 0 Å². The van der Waals surface area contributed by atoms with E-state index in [0.29, 0.717) is 6.04 Å². The van der Waals surface area contributed by atoms with Gasteiger partial charge in [-0.25, -0.2) is 0 Å². The van der Waals surface area contributed by atoms with Crippen LogP contribution in [0.3, 0.4) is 0 Å². The number of pyridine rings is 1. The van der Waals surface area contributed by atoms with E-state index in [4.69, 9.17) is 5.84 Å². The third-order valence-electron chi connectivity index (χ3n) is 5.69. The van der Waals surface area contributed by atoms with Crippen molar-refractivity contribution in [2.75, 3.05) is 0 Å². The van der Waals surface area contributed by atoms with Crippen molar-refractivity contribution in [2.24, 2.45) is 35.4 Å². The lowest BCUT2D eigenvalue weighted by Gasteiger charge is -2.19. The number of halogens is 1. The number of nitrogens with zero attached hydrogens (tertiary/aromatic N) is 1. The minimum Gasteiger partial charge on any atom is -0.271 e. The largest absolute Gasteiger partial charge is 0.271 e. The van der Waals surface area contributed by atoms with Gasteiger partial charge in [0.1, 0.15) is 0 Å². The molecule has 3 saturated carbocycles. The average Bonchev–Trinajstić information content (AvgIpc) is 2.86. The second-order valence-electron chi connectivity index (χ2n) is 6.51. The first-order valence-electron chi connectivity index (χ1n) is 7.34. The van der Waals surface area contributed by atoms with Gasteiger partial charge in [0, 0.05) is 28.8 Å². The van der Waals surface area contributed by atoms with E-state index in [2.05, 4.69) is 38.5 Å². The molecule has 4 heteroatoms. The Bertz CT molecular complexity index is 459. The summed E-state index contributed by atoms with van der Waals surface area (Å²) >= 11 is 3.43. The van der Waals surface area contributed by atoms with Crippen molar-refractivity contribution in [3.05, 3.63) is 28.5 Å². The van der Waals surface area contributed by atoms with Crippen LogP contribution in [0.1, 0.15) is 25.0 Å². The highest BCUT2D eigenvalue weighted by Gasteiger charge is 2.66.